The zero-order chi connectivity index (χ0) is 13.2. The largest absolute Gasteiger partial charge is 0.323 e. The molecule has 18 heavy (non-hydrogen) atoms. The van der Waals surface area contributed by atoms with Gasteiger partial charge in [-0.3, -0.25) is 0 Å². The fourth-order valence-electron chi connectivity index (χ4n) is 2.22. The molecule has 1 aliphatic carbocycles. The predicted molar refractivity (Wildman–Crippen MR) is 82.2 cm³/mol. The van der Waals surface area contributed by atoms with Crippen LogP contribution in [0.4, 0.5) is 0 Å². The molecule has 0 aromatic heterocycles. The van der Waals surface area contributed by atoms with Crippen molar-refractivity contribution in [1.29, 1.82) is 0 Å². The van der Waals surface area contributed by atoms with Gasteiger partial charge in [-0.05, 0) is 29.9 Å². The molecule has 1 unspecified atom stereocenters. The molecule has 1 nitrogen and oxygen atoms in total. The smallest absolute Gasteiger partial charge is 0.0387 e. The molecule has 0 saturated heterocycles. The van der Waals surface area contributed by atoms with Crippen LogP contribution in [-0.4, -0.2) is 10.5 Å². The second kappa shape index (κ2) is 5.66. The van der Waals surface area contributed by atoms with Gasteiger partial charge in [-0.25, -0.2) is 0 Å². The van der Waals surface area contributed by atoms with E-state index in [1.165, 1.54) is 30.4 Å². The first-order valence-electron chi connectivity index (χ1n) is 6.95. The lowest BCUT2D eigenvalue weighted by molar-refractivity contribution is 0.419. The molecule has 2 rings (SSSR count). The summed E-state index contributed by atoms with van der Waals surface area (Å²) < 4.78 is 0.295. The molecule has 2 N–H and O–H groups in total. The Kier molecular flexibility index (Phi) is 4.39. The average molecular weight is 263 g/mol. The Bertz CT molecular complexity index is 390. The van der Waals surface area contributed by atoms with Crippen LogP contribution in [0.2, 0.25) is 0 Å². The van der Waals surface area contributed by atoms with Gasteiger partial charge in [0.25, 0.3) is 0 Å². The normalized spacial score (nSPS) is 18.4. The van der Waals surface area contributed by atoms with Crippen LogP contribution in [0.5, 0.6) is 0 Å². The van der Waals surface area contributed by atoms with Gasteiger partial charge >= 0.3 is 0 Å². The summed E-state index contributed by atoms with van der Waals surface area (Å²) in [6.07, 6.45) is 4.10. The van der Waals surface area contributed by atoms with E-state index in [0.29, 0.717) is 4.75 Å². The maximum Gasteiger partial charge on any atom is 0.0387 e. The third-order valence-electron chi connectivity index (χ3n) is 3.61. The molecule has 1 aliphatic rings. The number of hydrogen-bond acceptors (Lipinski definition) is 2. The Morgan fingerprint density at radius 3 is 2.61 bits per heavy atom. The monoisotopic (exact) mass is 263 g/mol. The van der Waals surface area contributed by atoms with E-state index in [0.717, 1.165) is 11.7 Å². The molecule has 1 aromatic carbocycles. The van der Waals surface area contributed by atoms with Gasteiger partial charge in [-0.2, -0.15) is 11.8 Å². The van der Waals surface area contributed by atoms with Crippen LogP contribution >= 0.6 is 11.8 Å². The Balaban J connectivity index is 1.98. The molecule has 0 spiro atoms. The van der Waals surface area contributed by atoms with Gasteiger partial charge in [0, 0.05) is 16.5 Å². The standard InChI is InChI=1S/C16H25NS/c1-16(2,3)18-11-15(17)14-9-5-8-13(10-14)12-6-4-7-12/h5,8-10,12,15H,4,6-7,11,17H2,1-3H3. The molecular weight excluding hydrogens is 238 g/mol. The molecule has 1 saturated carbocycles. The van der Waals surface area contributed by atoms with Crippen molar-refractivity contribution in [2.75, 3.05) is 5.75 Å². The maximum atomic E-state index is 6.31. The Labute approximate surface area is 116 Å². The van der Waals surface area contributed by atoms with Gasteiger partial charge in [0.05, 0.1) is 0 Å². The van der Waals surface area contributed by atoms with Crippen molar-refractivity contribution in [3.63, 3.8) is 0 Å². The third kappa shape index (κ3) is 3.76. The number of hydrogen-bond donors (Lipinski definition) is 1. The van der Waals surface area contributed by atoms with Crippen molar-refractivity contribution >= 4 is 11.8 Å². The van der Waals surface area contributed by atoms with Gasteiger partial charge < -0.3 is 5.73 Å². The van der Waals surface area contributed by atoms with E-state index in [9.17, 15) is 0 Å². The molecule has 1 aromatic rings. The van der Waals surface area contributed by atoms with Crippen LogP contribution < -0.4 is 5.73 Å². The summed E-state index contributed by atoms with van der Waals surface area (Å²) in [5.74, 6) is 1.80. The lowest BCUT2D eigenvalue weighted by atomic mass is 9.79. The number of nitrogens with two attached hydrogens (primary N) is 1. The van der Waals surface area contributed by atoms with E-state index in [1.807, 2.05) is 11.8 Å². The molecule has 0 radical (unpaired) electrons. The predicted octanol–water partition coefficient (Wildman–Crippen LogP) is 4.49. The van der Waals surface area contributed by atoms with Crippen LogP contribution in [0, 0.1) is 0 Å². The van der Waals surface area contributed by atoms with Crippen LogP contribution in [0.15, 0.2) is 24.3 Å². The minimum atomic E-state index is 0.161. The van der Waals surface area contributed by atoms with E-state index in [2.05, 4.69) is 45.0 Å². The van der Waals surface area contributed by atoms with Crippen molar-refractivity contribution in [3.05, 3.63) is 35.4 Å². The second-order valence-electron chi connectivity index (χ2n) is 6.33. The topological polar surface area (TPSA) is 26.0 Å². The molecule has 2 heteroatoms. The molecule has 0 bridgehead atoms. The van der Waals surface area contributed by atoms with Crippen molar-refractivity contribution in [2.45, 2.75) is 56.7 Å². The highest BCUT2D eigenvalue weighted by Gasteiger charge is 2.20. The minimum Gasteiger partial charge on any atom is -0.323 e. The van der Waals surface area contributed by atoms with Crippen LogP contribution in [-0.2, 0) is 0 Å². The zero-order valence-corrected chi connectivity index (χ0v) is 12.6. The summed E-state index contributed by atoms with van der Waals surface area (Å²) in [6, 6.07) is 9.10. The first-order chi connectivity index (χ1) is 8.46. The van der Waals surface area contributed by atoms with E-state index in [4.69, 9.17) is 5.73 Å². The van der Waals surface area contributed by atoms with E-state index >= 15 is 0 Å². The molecule has 0 heterocycles. The molecule has 1 atom stereocenters. The highest BCUT2D eigenvalue weighted by Crippen LogP contribution is 2.37. The molecule has 0 amide bonds. The van der Waals surface area contributed by atoms with Crippen molar-refractivity contribution in [1.82, 2.24) is 0 Å². The number of thioether (sulfide) groups is 1. The first kappa shape index (κ1) is 14.0. The van der Waals surface area contributed by atoms with Gasteiger partial charge in [0.2, 0.25) is 0 Å². The zero-order valence-electron chi connectivity index (χ0n) is 11.8. The van der Waals surface area contributed by atoms with Gasteiger partial charge in [-0.1, -0.05) is 51.5 Å². The van der Waals surface area contributed by atoms with Gasteiger partial charge in [0.15, 0.2) is 0 Å². The van der Waals surface area contributed by atoms with Gasteiger partial charge in [-0.15, -0.1) is 0 Å². The lowest BCUT2D eigenvalue weighted by Gasteiger charge is -2.27. The van der Waals surface area contributed by atoms with Crippen molar-refractivity contribution in [2.24, 2.45) is 5.73 Å². The third-order valence-corrected chi connectivity index (χ3v) is 5.00. The quantitative estimate of drug-likeness (QED) is 0.866. The fraction of sp³-hybridized carbons (Fsp3) is 0.625. The summed E-state index contributed by atoms with van der Waals surface area (Å²) in [7, 11) is 0. The lowest BCUT2D eigenvalue weighted by Crippen LogP contribution is -2.18. The van der Waals surface area contributed by atoms with Crippen molar-refractivity contribution in [3.8, 4) is 0 Å². The van der Waals surface area contributed by atoms with Gasteiger partial charge in [0.1, 0.15) is 0 Å². The Morgan fingerprint density at radius 1 is 1.33 bits per heavy atom. The number of rotatable bonds is 4. The fourth-order valence-corrected chi connectivity index (χ4v) is 3.09. The van der Waals surface area contributed by atoms with E-state index in [-0.39, 0.29) is 6.04 Å². The molecule has 100 valence electrons. The maximum absolute atomic E-state index is 6.31. The average Bonchev–Trinajstić information content (AvgIpc) is 2.23. The SMILES string of the molecule is CC(C)(C)SCC(N)c1cccc(C2CCC2)c1. The highest BCUT2D eigenvalue weighted by molar-refractivity contribution is 8.00. The van der Waals surface area contributed by atoms with E-state index < -0.39 is 0 Å². The van der Waals surface area contributed by atoms with Crippen LogP contribution in [0.3, 0.4) is 0 Å². The molecular formula is C16H25NS. The first-order valence-corrected chi connectivity index (χ1v) is 7.94. The summed E-state index contributed by atoms with van der Waals surface area (Å²) >= 11 is 1.95. The summed E-state index contributed by atoms with van der Waals surface area (Å²) in [4.78, 5) is 0. The Hall–Kier alpha value is -0.470. The van der Waals surface area contributed by atoms with Crippen molar-refractivity contribution < 1.29 is 0 Å². The summed E-state index contributed by atoms with van der Waals surface area (Å²) in [6.45, 7) is 6.74. The van der Waals surface area contributed by atoms with Crippen LogP contribution in [0.25, 0.3) is 0 Å². The summed E-state index contributed by atoms with van der Waals surface area (Å²) in [5, 5.41) is 0. The second-order valence-corrected chi connectivity index (χ2v) is 8.17. The molecule has 1 fully saturated rings. The minimum absolute atomic E-state index is 0.161. The highest BCUT2D eigenvalue weighted by atomic mass is 32.2. The molecule has 0 aliphatic heterocycles. The number of benzene rings is 1. The summed E-state index contributed by atoms with van der Waals surface area (Å²) in [5.41, 5.74) is 9.11. The van der Waals surface area contributed by atoms with E-state index in [1.54, 1.807) is 0 Å². The van der Waals surface area contributed by atoms with Crippen LogP contribution in [0.1, 0.15) is 63.1 Å². The Morgan fingerprint density at radius 2 is 2.06 bits per heavy atom.